The number of alkyl halides is 3. The van der Waals surface area contributed by atoms with Gasteiger partial charge in [0.1, 0.15) is 5.75 Å². The maximum atomic E-state index is 11.9. The van der Waals surface area contributed by atoms with Crippen LogP contribution in [-0.4, -0.2) is 6.36 Å². The molecule has 0 radical (unpaired) electrons. The number of anilines is 1. The minimum atomic E-state index is -4.66. The standard InChI is InChI=1S/C11H8F3NOS/c12-11(13,14)16-8-3-1-7(2-4-8)9-5-6-10(15)17-9/h1-6H,15H2. The van der Waals surface area contributed by atoms with Crippen LogP contribution in [0.1, 0.15) is 0 Å². The summed E-state index contributed by atoms with van der Waals surface area (Å²) in [6.07, 6.45) is -4.66. The summed E-state index contributed by atoms with van der Waals surface area (Å²) in [5.41, 5.74) is 6.38. The van der Waals surface area contributed by atoms with Gasteiger partial charge in [-0.25, -0.2) is 0 Å². The van der Waals surface area contributed by atoms with Crippen molar-refractivity contribution in [1.29, 1.82) is 0 Å². The average molecular weight is 259 g/mol. The smallest absolute Gasteiger partial charge is 0.406 e. The number of halogens is 3. The van der Waals surface area contributed by atoms with Gasteiger partial charge >= 0.3 is 6.36 Å². The second-order valence-electron chi connectivity index (χ2n) is 3.27. The fourth-order valence-corrected chi connectivity index (χ4v) is 2.11. The van der Waals surface area contributed by atoms with Crippen LogP contribution in [0, 0.1) is 0 Å². The maximum Gasteiger partial charge on any atom is 0.573 e. The second-order valence-corrected chi connectivity index (χ2v) is 4.39. The SMILES string of the molecule is Nc1ccc(-c2ccc(OC(F)(F)F)cc2)s1. The molecule has 0 aliphatic rings. The molecule has 2 nitrogen and oxygen atoms in total. The molecule has 0 bridgehead atoms. The molecule has 2 rings (SSSR count). The lowest BCUT2D eigenvalue weighted by atomic mass is 10.2. The molecule has 0 saturated heterocycles. The summed E-state index contributed by atoms with van der Waals surface area (Å²) in [6.45, 7) is 0. The molecule has 0 unspecified atom stereocenters. The minimum absolute atomic E-state index is 0.231. The lowest BCUT2D eigenvalue weighted by Gasteiger charge is -2.08. The van der Waals surface area contributed by atoms with Crippen LogP contribution in [-0.2, 0) is 0 Å². The highest BCUT2D eigenvalue weighted by molar-refractivity contribution is 7.19. The van der Waals surface area contributed by atoms with E-state index in [4.69, 9.17) is 5.73 Å². The van der Waals surface area contributed by atoms with Crippen LogP contribution in [0.15, 0.2) is 36.4 Å². The number of hydrogen-bond donors (Lipinski definition) is 1. The summed E-state index contributed by atoms with van der Waals surface area (Å²) in [5.74, 6) is -0.231. The Bertz CT molecular complexity index is 504. The van der Waals surface area contributed by atoms with Gasteiger partial charge in [0.2, 0.25) is 0 Å². The first-order valence-electron chi connectivity index (χ1n) is 4.65. The van der Waals surface area contributed by atoms with E-state index in [0.717, 1.165) is 10.4 Å². The molecule has 1 aromatic carbocycles. The molecular formula is C11H8F3NOS. The van der Waals surface area contributed by atoms with E-state index >= 15 is 0 Å². The van der Waals surface area contributed by atoms with Crippen LogP contribution in [0.2, 0.25) is 0 Å². The lowest BCUT2D eigenvalue weighted by Crippen LogP contribution is -2.16. The van der Waals surface area contributed by atoms with Crippen LogP contribution in [0.4, 0.5) is 18.2 Å². The normalized spacial score (nSPS) is 11.5. The van der Waals surface area contributed by atoms with Crippen molar-refractivity contribution in [2.24, 2.45) is 0 Å². The highest BCUT2D eigenvalue weighted by Gasteiger charge is 2.30. The van der Waals surface area contributed by atoms with Crippen molar-refractivity contribution >= 4 is 16.3 Å². The van der Waals surface area contributed by atoms with Crippen molar-refractivity contribution in [3.05, 3.63) is 36.4 Å². The first-order valence-corrected chi connectivity index (χ1v) is 5.47. The number of rotatable bonds is 2. The van der Waals surface area contributed by atoms with Gasteiger partial charge in [0, 0.05) is 4.88 Å². The molecule has 0 aliphatic heterocycles. The Morgan fingerprint density at radius 1 is 1.00 bits per heavy atom. The van der Waals surface area contributed by atoms with Crippen LogP contribution in [0.3, 0.4) is 0 Å². The van der Waals surface area contributed by atoms with E-state index in [2.05, 4.69) is 4.74 Å². The summed E-state index contributed by atoms with van der Waals surface area (Å²) >= 11 is 1.37. The second kappa shape index (κ2) is 4.29. The van der Waals surface area contributed by atoms with Crippen molar-refractivity contribution in [1.82, 2.24) is 0 Å². The third-order valence-corrected chi connectivity index (χ3v) is 2.96. The summed E-state index contributed by atoms with van der Waals surface area (Å²) < 4.78 is 39.6. The molecule has 1 aromatic heterocycles. The Morgan fingerprint density at radius 3 is 2.12 bits per heavy atom. The zero-order valence-corrected chi connectivity index (χ0v) is 9.31. The van der Waals surface area contributed by atoms with Crippen molar-refractivity contribution < 1.29 is 17.9 Å². The molecule has 0 aliphatic carbocycles. The quantitative estimate of drug-likeness (QED) is 0.887. The maximum absolute atomic E-state index is 11.9. The summed E-state index contributed by atoms with van der Waals surface area (Å²) in [7, 11) is 0. The summed E-state index contributed by atoms with van der Waals surface area (Å²) in [4.78, 5) is 0.904. The first-order chi connectivity index (χ1) is 7.94. The number of ether oxygens (including phenoxy) is 1. The highest BCUT2D eigenvalue weighted by atomic mass is 32.1. The van der Waals surface area contributed by atoms with E-state index in [0.29, 0.717) is 5.00 Å². The van der Waals surface area contributed by atoms with Gasteiger partial charge in [-0.05, 0) is 42.0 Å². The zero-order chi connectivity index (χ0) is 12.5. The van der Waals surface area contributed by atoms with Gasteiger partial charge in [-0.2, -0.15) is 0 Å². The predicted octanol–water partition coefficient (Wildman–Crippen LogP) is 3.90. The van der Waals surface area contributed by atoms with E-state index in [1.165, 1.54) is 23.5 Å². The molecule has 1 heterocycles. The fourth-order valence-electron chi connectivity index (χ4n) is 1.33. The topological polar surface area (TPSA) is 35.2 Å². The Morgan fingerprint density at radius 2 is 1.65 bits per heavy atom. The first kappa shape index (κ1) is 11.8. The third-order valence-electron chi connectivity index (χ3n) is 2.00. The van der Waals surface area contributed by atoms with Gasteiger partial charge in [-0.3, -0.25) is 0 Å². The van der Waals surface area contributed by atoms with Gasteiger partial charge in [-0.1, -0.05) is 0 Å². The Balaban J connectivity index is 2.19. The molecule has 2 aromatic rings. The van der Waals surface area contributed by atoms with Crippen molar-refractivity contribution in [3.63, 3.8) is 0 Å². The van der Waals surface area contributed by atoms with Gasteiger partial charge in [-0.15, -0.1) is 24.5 Å². The molecule has 0 amide bonds. The predicted molar refractivity (Wildman–Crippen MR) is 60.9 cm³/mol. The summed E-state index contributed by atoms with van der Waals surface area (Å²) in [6, 6.07) is 9.25. The molecule has 0 atom stereocenters. The van der Waals surface area contributed by atoms with E-state index in [-0.39, 0.29) is 5.75 Å². The van der Waals surface area contributed by atoms with Gasteiger partial charge in [0.25, 0.3) is 0 Å². The van der Waals surface area contributed by atoms with Gasteiger partial charge in [0.05, 0.1) is 5.00 Å². The minimum Gasteiger partial charge on any atom is -0.406 e. The van der Waals surface area contributed by atoms with Crippen LogP contribution in [0.5, 0.6) is 5.75 Å². The van der Waals surface area contributed by atoms with Crippen molar-refractivity contribution in [2.75, 3.05) is 5.73 Å². The molecule has 2 N–H and O–H groups in total. The molecule has 0 spiro atoms. The highest BCUT2D eigenvalue weighted by Crippen LogP contribution is 2.31. The molecule has 17 heavy (non-hydrogen) atoms. The number of thiophene rings is 1. The van der Waals surface area contributed by atoms with Crippen molar-refractivity contribution in [3.8, 4) is 16.2 Å². The Hall–Kier alpha value is -1.69. The third kappa shape index (κ3) is 3.13. The number of nitrogen functional groups attached to an aromatic ring is 1. The lowest BCUT2D eigenvalue weighted by molar-refractivity contribution is -0.274. The number of benzene rings is 1. The summed E-state index contributed by atoms with van der Waals surface area (Å²) in [5, 5.41) is 0.663. The largest absolute Gasteiger partial charge is 0.573 e. The molecule has 0 fully saturated rings. The van der Waals surface area contributed by atoms with Gasteiger partial charge in [0.15, 0.2) is 0 Å². The fraction of sp³-hybridized carbons (Fsp3) is 0.0909. The van der Waals surface area contributed by atoms with E-state index in [9.17, 15) is 13.2 Å². The van der Waals surface area contributed by atoms with E-state index in [1.54, 1.807) is 18.2 Å². The van der Waals surface area contributed by atoms with Gasteiger partial charge < -0.3 is 10.5 Å². The van der Waals surface area contributed by atoms with Crippen molar-refractivity contribution in [2.45, 2.75) is 6.36 Å². The Labute approximate surface area is 99.4 Å². The van der Waals surface area contributed by atoms with Crippen LogP contribution in [0.25, 0.3) is 10.4 Å². The monoisotopic (exact) mass is 259 g/mol. The molecular weight excluding hydrogens is 251 g/mol. The van der Waals surface area contributed by atoms with Crippen LogP contribution < -0.4 is 10.5 Å². The van der Waals surface area contributed by atoms with E-state index < -0.39 is 6.36 Å². The van der Waals surface area contributed by atoms with Crippen LogP contribution >= 0.6 is 11.3 Å². The Kier molecular flexibility index (Phi) is 2.97. The number of nitrogens with two attached hydrogens (primary N) is 1. The molecule has 0 saturated carbocycles. The average Bonchev–Trinajstić information content (AvgIpc) is 2.63. The molecule has 6 heteroatoms. The van der Waals surface area contributed by atoms with E-state index in [1.807, 2.05) is 6.07 Å². The zero-order valence-electron chi connectivity index (χ0n) is 8.49. The molecule has 90 valence electrons. The number of hydrogen-bond acceptors (Lipinski definition) is 3.